The number of hydrogen-bond donors (Lipinski definition) is 2. The highest BCUT2D eigenvalue weighted by atomic mass is 19.1. The van der Waals surface area contributed by atoms with Crippen LogP contribution in [0, 0.1) is 12.7 Å². The third kappa shape index (κ3) is 3.16. The van der Waals surface area contributed by atoms with Crippen molar-refractivity contribution in [1.29, 1.82) is 0 Å². The van der Waals surface area contributed by atoms with E-state index in [4.69, 9.17) is 9.52 Å². The van der Waals surface area contributed by atoms with Gasteiger partial charge in [0.15, 0.2) is 5.76 Å². The molecule has 0 aliphatic rings. The summed E-state index contributed by atoms with van der Waals surface area (Å²) < 4.78 is 18.7. The number of furan rings is 1. The number of allylic oxidation sites excluding steroid dienone is 1. The summed E-state index contributed by atoms with van der Waals surface area (Å²) in [5.74, 6) is -2.20. The number of nitrogens with one attached hydrogen (secondary N) is 1. The zero-order chi connectivity index (χ0) is 16.3. The molecule has 0 aliphatic carbocycles. The van der Waals surface area contributed by atoms with Crippen LogP contribution in [0.4, 0.5) is 4.39 Å². The smallest absolute Gasteiger partial charge is 0.326 e. The van der Waals surface area contributed by atoms with Crippen LogP contribution in [0.2, 0.25) is 0 Å². The Hall–Kier alpha value is -2.63. The molecule has 2 N–H and O–H groups in total. The first-order chi connectivity index (χ1) is 10.4. The van der Waals surface area contributed by atoms with Gasteiger partial charge < -0.3 is 14.8 Å². The van der Waals surface area contributed by atoms with E-state index in [-0.39, 0.29) is 12.2 Å². The first-order valence-corrected chi connectivity index (χ1v) is 6.77. The minimum atomic E-state index is -1.13. The molecule has 6 heteroatoms. The summed E-state index contributed by atoms with van der Waals surface area (Å²) in [5, 5.41) is 12.0. The van der Waals surface area contributed by atoms with Crippen LogP contribution in [0.15, 0.2) is 34.8 Å². The maximum Gasteiger partial charge on any atom is 0.326 e. The Balaban J connectivity index is 2.29. The number of rotatable bonds is 5. The second kappa shape index (κ2) is 6.43. The van der Waals surface area contributed by atoms with Crippen molar-refractivity contribution >= 4 is 22.8 Å². The van der Waals surface area contributed by atoms with Crippen molar-refractivity contribution in [2.45, 2.75) is 26.3 Å². The average molecular weight is 305 g/mol. The molecule has 1 unspecified atom stereocenters. The molecular weight excluding hydrogens is 289 g/mol. The molecule has 0 radical (unpaired) electrons. The van der Waals surface area contributed by atoms with E-state index < -0.39 is 23.7 Å². The summed E-state index contributed by atoms with van der Waals surface area (Å²) in [4.78, 5) is 23.4. The van der Waals surface area contributed by atoms with Gasteiger partial charge >= 0.3 is 5.97 Å². The Bertz CT molecular complexity index is 748. The van der Waals surface area contributed by atoms with Gasteiger partial charge in [0.25, 0.3) is 5.91 Å². The van der Waals surface area contributed by atoms with Gasteiger partial charge in [-0.2, -0.15) is 0 Å². The van der Waals surface area contributed by atoms with Crippen molar-refractivity contribution in [2.24, 2.45) is 0 Å². The molecule has 0 bridgehead atoms. The Kier molecular flexibility index (Phi) is 4.60. The molecule has 1 heterocycles. The first-order valence-electron chi connectivity index (χ1n) is 6.77. The Labute approximate surface area is 126 Å². The van der Waals surface area contributed by atoms with Crippen LogP contribution < -0.4 is 5.32 Å². The van der Waals surface area contributed by atoms with Gasteiger partial charge in [0.2, 0.25) is 0 Å². The lowest BCUT2D eigenvalue weighted by Crippen LogP contribution is -2.40. The van der Waals surface area contributed by atoms with Gasteiger partial charge in [-0.3, -0.25) is 4.79 Å². The standard InChI is InChI=1S/C16H16FNO4/c1-3-4-5-12(16(20)21)18-15(19)14-9(2)11-8-10(17)6-7-13(11)22-14/h3-4,6-8,12H,5H2,1-2H3,(H,18,19)(H,20,21)/b4-3+. The highest BCUT2D eigenvalue weighted by Crippen LogP contribution is 2.26. The Morgan fingerprint density at radius 3 is 2.82 bits per heavy atom. The van der Waals surface area contributed by atoms with Crippen LogP contribution in [0.25, 0.3) is 11.0 Å². The lowest BCUT2D eigenvalue weighted by molar-refractivity contribution is -0.139. The molecule has 0 spiro atoms. The molecule has 1 aromatic carbocycles. The topological polar surface area (TPSA) is 79.5 Å². The summed E-state index contributed by atoms with van der Waals surface area (Å²) >= 11 is 0. The highest BCUT2D eigenvalue weighted by Gasteiger charge is 2.23. The van der Waals surface area contributed by atoms with E-state index in [1.54, 1.807) is 26.0 Å². The monoisotopic (exact) mass is 305 g/mol. The molecule has 5 nitrogen and oxygen atoms in total. The van der Waals surface area contributed by atoms with Crippen molar-refractivity contribution < 1.29 is 23.5 Å². The SMILES string of the molecule is C/C=C/CC(NC(=O)c1oc2ccc(F)cc2c1C)C(=O)O. The molecule has 1 amide bonds. The van der Waals surface area contributed by atoms with E-state index in [9.17, 15) is 14.0 Å². The van der Waals surface area contributed by atoms with Gasteiger partial charge in [0, 0.05) is 10.9 Å². The number of carbonyl (C=O) groups excluding carboxylic acids is 1. The summed E-state index contributed by atoms with van der Waals surface area (Å²) in [6.07, 6.45) is 3.53. The van der Waals surface area contributed by atoms with Gasteiger partial charge in [-0.25, -0.2) is 9.18 Å². The van der Waals surface area contributed by atoms with Crippen molar-refractivity contribution in [1.82, 2.24) is 5.32 Å². The summed E-state index contributed by atoms with van der Waals surface area (Å²) in [7, 11) is 0. The minimum Gasteiger partial charge on any atom is -0.480 e. The van der Waals surface area contributed by atoms with Crippen molar-refractivity contribution in [3.8, 4) is 0 Å². The Morgan fingerprint density at radius 2 is 2.18 bits per heavy atom. The van der Waals surface area contributed by atoms with E-state index in [1.807, 2.05) is 0 Å². The van der Waals surface area contributed by atoms with E-state index in [1.165, 1.54) is 18.2 Å². The molecule has 1 atom stereocenters. The van der Waals surface area contributed by atoms with Crippen LogP contribution in [-0.2, 0) is 4.79 Å². The zero-order valence-corrected chi connectivity index (χ0v) is 12.2. The fraction of sp³-hybridized carbons (Fsp3) is 0.250. The Morgan fingerprint density at radius 1 is 1.45 bits per heavy atom. The zero-order valence-electron chi connectivity index (χ0n) is 12.2. The summed E-state index contributed by atoms with van der Waals surface area (Å²) in [5.41, 5.74) is 0.853. The quantitative estimate of drug-likeness (QED) is 0.832. The molecule has 1 aromatic heterocycles. The summed E-state index contributed by atoms with van der Waals surface area (Å²) in [6, 6.07) is 2.90. The van der Waals surface area contributed by atoms with Crippen LogP contribution in [0.3, 0.4) is 0 Å². The number of carboxylic acids is 1. The van der Waals surface area contributed by atoms with Crippen LogP contribution in [-0.4, -0.2) is 23.0 Å². The molecule has 2 aromatic rings. The van der Waals surface area contributed by atoms with Crippen LogP contribution >= 0.6 is 0 Å². The van der Waals surface area contributed by atoms with E-state index in [2.05, 4.69) is 5.32 Å². The maximum absolute atomic E-state index is 13.3. The average Bonchev–Trinajstić information content (AvgIpc) is 2.80. The van der Waals surface area contributed by atoms with Gasteiger partial charge in [-0.15, -0.1) is 0 Å². The molecule has 22 heavy (non-hydrogen) atoms. The second-order valence-corrected chi connectivity index (χ2v) is 4.87. The number of carbonyl (C=O) groups is 2. The number of fused-ring (bicyclic) bond motifs is 1. The van der Waals surface area contributed by atoms with Crippen molar-refractivity contribution in [3.05, 3.63) is 47.5 Å². The number of carboxylic acid groups (broad SMARTS) is 1. The number of benzene rings is 1. The lowest BCUT2D eigenvalue weighted by atomic mass is 10.1. The van der Waals surface area contributed by atoms with Gasteiger partial charge in [0.1, 0.15) is 17.4 Å². The predicted octanol–water partition coefficient (Wildman–Crippen LogP) is 3.03. The van der Waals surface area contributed by atoms with Crippen LogP contribution in [0.5, 0.6) is 0 Å². The highest BCUT2D eigenvalue weighted by molar-refractivity contribution is 6.00. The molecule has 2 rings (SSSR count). The number of hydrogen-bond acceptors (Lipinski definition) is 3. The van der Waals surface area contributed by atoms with E-state index >= 15 is 0 Å². The molecule has 0 saturated heterocycles. The van der Waals surface area contributed by atoms with Crippen LogP contribution in [0.1, 0.15) is 29.5 Å². The van der Waals surface area contributed by atoms with Gasteiger partial charge in [-0.05, 0) is 38.5 Å². The fourth-order valence-electron chi connectivity index (χ4n) is 2.13. The largest absolute Gasteiger partial charge is 0.480 e. The molecule has 0 aliphatic heterocycles. The summed E-state index contributed by atoms with van der Waals surface area (Å²) in [6.45, 7) is 3.39. The van der Waals surface area contributed by atoms with Gasteiger partial charge in [0.05, 0.1) is 0 Å². The molecule has 0 fully saturated rings. The van der Waals surface area contributed by atoms with E-state index in [0.29, 0.717) is 16.5 Å². The normalized spacial score (nSPS) is 12.7. The molecule has 116 valence electrons. The molecule has 0 saturated carbocycles. The van der Waals surface area contributed by atoms with Crippen molar-refractivity contribution in [3.63, 3.8) is 0 Å². The fourth-order valence-corrected chi connectivity index (χ4v) is 2.13. The minimum absolute atomic E-state index is 0.00710. The third-order valence-electron chi connectivity index (χ3n) is 3.32. The van der Waals surface area contributed by atoms with Crippen molar-refractivity contribution in [2.75, 3.05) is 0 Å². The number of aliphatic carboxylic acids is 1. The molecular formula is C16H16FNO4. The lowest BCUT2D eigenvalue weighted by Gasteiger charge is -2.11. The third-order valence-corrected chi connectivity index (χ3v) is 3.32. The number of aryl methyl sites for hydroxylation is 1. The van der Waals surface area contributed by atoms with Gasteiger partial charge in [-0.1, -0.05) is 12.2 Å². The second-order valence-electron chi connectivity index (χ2n) is 4.87. The number of amides is 1. The first kappa shape index (κ1) is 15.8. The number of halogens is 1. The van der Waals surface area contributed by atoms with E-state index in [0.717, 1.165) is 0 Å². The maximum atomic E-state index is 13.3. The predicted molar refractivity (Wildman–Crippen MR) is 79.2 cm³/mol.